The molecule has 0 saturated carbocycles. The molecule has 0 heteroatoms. The topological polar surface area (TPSA) is 0 Å². The van der Waals surface area contributed by atoms with E-state index in [1.54, 1.807) is 0 Å². The van der Waals surface area contributed by atoms with E-state index < -0.39 is 0 Å². The molecular weight excluding hydrogens is 228 g/mol. The first-order valence-corrected chi connectivity index (χ1v) is 7.23. The standard InChI is InChI=1S/C19H23/c1-3-17-11-13-18(14-12-17)10-9-16(2)15-19-7-5-4-6-8-19/h4-9,11-14,16H,3,10,15H2,1-2H3. The lowest BCUT2D eigenvalue weighted by Gasteiger charge is -2.11. The summed E-state index contributed by atoms with van der Waals surface area (Å²) in [5, 5.41) is 0. The fourth-order valence-electron chi connectivity index (χ4n) is 2.32. The highest BCUT2D eigenvalue weighted by Gasteiger charge is 2.04. The summed E-state index contributed by atoms with van der Waals surface area (Å²) in [4.78, 5) is 0. The molecule has 1 atom stereocenters. The third-order valence-corrected chi connectivity index (χ3v) is 3.59. The van der Waals surface area contributed by atoms with Crippen LogP contribution in [0.2, 0.25) is 0 Å². The van der Waals surface area contributed by atoms with Gasteiger partial charge in [-0.2, -0.15) is 0 Å². The van der Waals surface area contributed by atoms with Crippen LogP contribution in [-0.4, -0.2) is 0 Å². The van der Waals surface area contributed by atoms with Crippen LogP contribution in [0.5, 0.6) is 0 Å². The Balaban J connectivity index is 1.81. The molecule has 0 saturated heterocycles. The third-order valence-electron chi connectivity index (χ3n) is 3.59. The second-order valence-electron chi connectivity index (χ2n) is 5.28. The van der Waals surface area contributed by atoms with Crippen molar-refractivity contribution in [3.05, 3.63) is 77.7 Å². The minimum atomic E-state index is 0.619. The molecule has 0 aliphatic rings. The van der Waals surface area contributed by atoms with Crippen LogP contribution in [0.4, 0.5) is 0 Å². The van der Waals surface area contributed by atoms with E-state index in [1.807, 2.05) is 0 Å². The quantitative estimate of drug-likeness (QED) is 0.686. The molecule has 0 heterocycles. The molecule has 1 unspecified atom stereocenters. The predicted molar refractivity (Wildman–Crippen MR) is 83.1 cm³/mol. The van der Waals surface area contributed by atoms with Crippen molar-refractivity contribution >= 4 is 0 Å². The van der Waals surface area contributed by atoms with Gasteiger partial charge in [0.2, 0.25) is 0 Å². The summed E-state index contributed by atoms with van der Waals surface area (Å²) < 4.78 is 0. The molecular formula is C19H23. The minimum absolute atomic E-state index is 0.619. The second-order valence-corrected chi connectivity index (χ2v) is 5.28. The van der Waals surface area contributed by atoms with Crippen LogP contribution in [0.3, 0.4) is 0 Å². The average Bonchev–Trinajstić information content (AvgIpc) is 2.47. The molecule has 0 aromatic heterocycles. The van der Waals surface area contributed by atoms with Crippen LogP contribution >= 0.6 is 0 Å². The molecule has 0 nitrogen and oxygen atoms in total. The van der Waals surface area contributed by atoms with Gasteiger partial charge in [-0.25, -0.2) is 0 Å². The van der Waals surface area contributed by atoms with Gasteiger partial charge in [0.15, 0.2) is 0 Å². The molecule has 19 heavy (non-hydrogen) atoms. The second kappa shape index (κ2) is 7.13. The van der Waals surface area contributed by atoms with Crippen LogP contribution in [0, 0.1) is 12.3 Å². The van der Waals surface area contributed by atoms with Crippen LogP contribution < -0.4 is 0 Å². The summed E-state index contributed by atoms with van der Waals surface area (Å²) in [6.45, 7) is 4.50. The molecule has 0 N–H and O–H groups in total. The Morgan fingerprint density at radius 1 is 0.842 bits per heavy atom. The molecule has 0 spiro atoms. The van der Waals surface area contributed by atoms with Crippen LogP contribution in [0.15, 0.2) is 54.6 Å². The number of hydrogen-bond donors (Lipinski definition) is 0. The number of benzene rings is 2. The lowest BCUT2D eigenvalue weighted by Crippen LogP contribution is -2.02. The maximum absolute atomic E-state index is 2.42. The first kappa shape index (κ1) is 13.9. The summed E-state index contributed by atoms with van der Waals surface area (Å²) in [5.74, 6) is 0.619. The molecule has 2 aromatic rings. The fourth-order valence-corrected chi connectivity index (χ4v) is 2.32. The summed E-state index contributed by atoms with van der Waals surface area (Å²) in [7, 11) is 0. The Kier molecular flexibility index (Phi) is 5.20. The van der Waals surface area contributed by atoms with Crippen molar-refractivity contribution in [2.24, 2.45) is 5.92 Å². The zero-order valence-electron chi connectivity index (χ0n) is 12.0. The van der Waals surface area contributed by atoms with Gasteiger partial charge in [-0.05, 0) is 48.3 Å². The van der Waals surface area contributed by atoms with E-state index in [4.69, 9.17) is 0 Å². The van der Waals surface area contributed by atoms with Gasteiger partial charge >= 0.3 is 0 Å². The van der Waals surface area contributed by atoms with Crippen molar-refractivity contribution in [2.75, 3.05) is 0 Å². The Hall–Kier alpha value is -1.56. The molecule has 99 valence electrons. The van der Waals surface area contributed by atoms with E-state index in [0.29, 0.717) is 5.92 Å². The molecule has 0 fully saturated rings. The Morgan fingerprint density at radius 2 is 1.47 bits per heavy atom. The molecule has 2 aromatic carbocycles. The first-order valence-electron chi connectivity index (χ1n) is 7.23. The van der Waals surface area contributed by atoms with Crippen molar-refractivity contribution in [3.63, 3.8) is 0 Å². The largest absolute Gasteiger partial charge is 0.0622 e. The van der Waals surface area contributed by atoms with Gasteiger partial charge in [-0.3, -0.25) is 0 Å². The lowest BCUT2D eigenvalue weighted by atomic mass is 9.94. The maximum Gasteiger partial charge on any atom is -0.0245 e. The molecule has 0 aliphatic carbocycles. The van der Waals surface area contributed by atoms with Gasteiger partial charge in [0, 0.05) is 0 Å². The van der Waals surface area contributed by atoms with Crippen LogP contribution in [0.25, 0.3) is 0 Å². The van der Waals surface area contributed by atoms with Gasteiger partial charge in [0.1, 0.15) is 0 Å². The summed E-state index contributed by atoms with van der Waals surface area (Å²) in [5.41, 5.74) is 4.26. The van der Waals surface area contributed by atoms with Gasteiger partial charge < -0.3 is 0 Å². The highest BCUT2D eigenvalue weighted by Crippen LogP contribution is 2.14. The van der Waals surface area contributed by atoms with Crippen LogP contribution in [0.1, 0.15) is 30.5 Å². The lowest BCUT2D eigenvalue weighted by molar-refractivity contribution is 0.651. The van der Waals surface area contributed by atoms with Gasteiger partial charge in [-0.1, -0.05) is 68.4 Å². The summed E-state index contributed by atoms with van der Waals surface area (Å²) in [6, 6.07) is 19.7. The van der Waals surface area contributed by atoms with E-state index in [-0.39, 0.29) is 0 Å². The zero-order valence-corrected chi connectivity index (χ0v) is 12.0. The number of hydrogen-bond acceptors (Lipinski definition) is 0. The molecule has 0 amide bonds. The Morgan fingerprint density at radius 3 is 2.11 bits per heavy atom. The molecule has 0 aliphatic heterocycles. The molecule has 0 bridgehead atoms. The van der Waals surface area contributed by atoms with Crippen molar-refractivity contribution in [3.8, 4) is 0 Å². The van der Waals surface area contributed by atoms with E-state index in [9.17, 15) is 0 Å². The summed E-state index contributed by atoms with van der Waals surface area (Å²) in [6.07, 6.45) is 5.74. The van der Waals surface area contributed by atoms with E-state index in [1.165, 1.54) is 16.7 Å². The number of rotatable bonds is 6. The van der Waals surface area contributed by atoms with Crippen molar-refractivity contribution in [1.82, 2.24) is 0 Å². The maximum atomic E-state index is 2.42. The van der Waals surface area contributed by atoms with Gasteiger partial charge in [-0.15, -0.1) is 0 Å². The average molecular weight is 251 g/mol. The summed E-state index contributed by atoms with van der Waals surface area (Å²) >= 11 is 0. The van der Waals surface area contributed by atoms with Crippen LogP contribution in [-0.2, 0) is 19.3 Å². The highest BCUT2D eigenvalue weighted by molar-refractivity contribution is 5.24. The SMILES string of the molecule is CCc1ccc(C[CH]C(C)Cc2ccccc2)cc1. The van der Waals surface area contributed by atoms with Crippen molar-refractivity contribution < 1.29 is 0 Å². The first-order chi connectivity index (χ1) is 9.28. The van der Waals surface area contributed by atoms with E-state index in [2.05, 4.69) is 74.9 Å². The highest BCUT2D eigenvalue weighted by atomic mass is 14.1. The van der Waals surface area contributed by atoms with Gasteiger partial charge in [0.05, 0.1) is 0 Å². The predicted octanol–water partition coefficient (Wildman–Crippen LogP) is 4.87. The minimum Gasteiger partial charge on any atom is -0.0622 e. The number of aryl methyl sites for hydroxylation is 1. The van der Waals surface area contributed by atoms with Crippen molar-refractivity contribution in [1.29, 1.82) is 0 Å². The van der Waals surface area contributed by atoms with E-state index >= 15 is 0 Å². The Bertz CT molecular complexity index is 467. The monoisotopic (exact) mass is 251 g/mol. The molecule has 1 radical (unpaired) electrons. The fraction of sp³-hybridized carbons (Fsp3) is 0.316. The zero-order chi connectivity index (χ0) is 13.5. The smallest absolute Gasteiger partial charge is 0.0245 e. The molecule has 2 rings (SSSR count). The normalized spacial score (nSPS) is 12.3. The Labute approximate surface area is 117 Å². The van der Waals surface area contributed by atoms with Crippen molar-refractivity contribution in [2.45, 2.75) is 33.1 Å². The third kappa shape index (κ3) is 4.55. The van der Waals surface area contributed by atoms with Gasteiger partial charge in [0.25, 0.3) is 0 Å². The van der Waals surface area contributed by atoms with E-state index in [0.717, 1.165) is 19.3 Å².